The molecule has 3 N–H and O–H groups in total. The number of anilines is 2. The molecule has 6 heteroatoms. The molecule has 0 fully saturated rings. The van der Waals surface area contributed by atoms with Crippen LogP contribution >= 0.6 is 0 Å². The first-order valence-electron chi connectivity index (χ1n) is 5.89. The Morgan fingerprint density at radius 2 is 1.95 bits per heavy atom. The van der Waals surface area contributed by atoms with Gasteiger partial charge >= 0.3 is 0 Å². The SMILES string of the molecule is CCC(=O)Nc1cccc(NC(=O)c2ccn[nH]2)c1. The standard InChI is InChI=1S/C13H14N4O2/c1-2-12(18)15-9-4-3-5-10(8-9)16-13(19)11-6-7-14-17-11/h3-8H,2H2,1H3,(H,14,17)(H,15,18)(H,16,19). The van der Waals surface area contributed by atoms with Gasteiger partial charge in [0.05, 0.1) is 0 Å². The lowest BCUT2D eigenvalue weighted by molar-refractivity contribution is -0.115. The minimum Gasteiger partial charge on any atom is -0.326 e. The molecule has 0 aliphatic rings. The summed E-state index contributed by atoms with van der Waals surface area (Å²) >= 11 is 0. The van der Waals surface area contributed by atoms with Crippen LogP contribution in [0.15, 0.2) is 36.5 Å². The van der Waals surface area contributed by atoms with Gasteiger partial charge in [-0.2, -0.15) is 5.10 Å². The number of aromatic nitrogens is 2. The zero-order valence-electron chi connectivity index (χ0n) is 10.4. The number of benzene rings is 1. The summed E-state index contributed by atoms with van der Waals surface area (Å²) in [5.74, 6) is -0.353. The van der Waals surface area contributed by atoms with Crippen molar-refractivity contribution in [1.29, 1.82) is 0 Å². The molecule has 2 aromatic rings. The Kier molecular flexibility index (Phi) is 3.92. The van der Waals surface area contributed by atoms with E-state index in [1.54, 1.807) is 37.3 Å². The van der Waals surface area contributed by atoms with Crippen LogP contribution in [0.25, 0.3) is 0 Å². The van der Waals surface area contributed by atoms with Gasteiger partial charge in [0, 0.05) is 24.0 Å². The van der Waals surface area contributed by atoms with Crippen molar-refractivity contribution in [3.05, 3.63) is 42.2 Å². The largest absolute Gasteiger partial charge is 0.326 e. The molecule has 98 valence electrons. The molecule has 6 nitrogen and oxygen atoms in total. The summed E-state index contributed by atoms with van der Waals surface area (Å²) in [6.07, 6.45) is 1.91. The summed E-state index contributed by atoms with van der Waals surface area (Å²) in [4.78, 5) is 23.1. The van der Waals surface area contributed by atoms with Gasteiger partial charge < -0.3 is 10.6 Å². The first-order chi connectivity index (χ1) is 9.19. The van der Waals surface area contributed by atoms with Crippen molar-refractivity contribution in [2.24, 2.45) is 0 Å². The first kappa shape index (κ1) is 12.8. The highest BCUT2D eigenvalue weighted by atomic mass is 16.2. The van der Waals surface area contributed by atoms with Crippen molar-refractivity contribution >= 4 is 23.2 Å². The third kappa shape index (κ3) is 3.41. The van der Waals surface area contributed by atoms with Crippen LogP contribution in [0.1, 0.15) is 23.8 Å². The van der Waals surface area contributed by atoms with Crippen LogP contribution in [0.5, 0.6) is 0 Å². The number of amides is 2. The lowest BCUT2D eigenvalue weighted by atomic mass is 10.2. The molecule has 1 aromatic heterocycles. The van der Waals surface area contributed by atoms with E-state index in [2.05, 4.69) is 20.8 Å². The molecule has 0 radical (unpaired) electrons. The number of hydrogen-bond acceptors (Lipinski definition) is 3. The van der Waals surface area contributed by atoms with Crippen LogP contribution in [0.2, 0.25) is 0 Å². The Morgan fingerprint density at radius 3 is 2.58 bits per heavy atom. The second kappa shape index (κ2) is 5.81. The Hall–Kier alpha value is -2.63. The van der Waals surface area contributed by atoms with Gasteiger partial charge in [0.25, 0.3) is 5.91 Å². The molecule has 0 saturated carbocycles. The normalized spacial score (nSPS) is 9.95. The van der Waals surface area contributed by atoms with Gasteiger partial charge in [-0.3, -0.25) is 14.7 Å². The molecule has 0 atom stereocenters. The molecule has 0 spiro atoms. The molecule has 0 saturated heterocycles. The van der Waals surface area contributed by atoms with Crippen molar-refractivity contribution in [2.45, 2.75) is 13.3 Å². The Labute approximate surface area is 110 Å². The van der Waals surface area contributed by atoms with Gasteiger partial charge in [0.2, 0.25) is 5.91 Å². The predicted octanol–water partition coefficient (Wildman–Crippen LogP) is 2.01. The summed E-state index contributed by atoms with van der Waals surface area (Å²) in [7, 11) is 0. The molecule has 2 rings (SSSR count). The number of H-pyrrole nitrogens is 1. The number of aromatic amines is 1. The second-order valence-electron chi connectivity index (χ2n) is 3.91. The number of hydrogen-bond donors (Lipinski definition) is 3. The monoisotopic (exact) mass is 258 g/mol. The number of nitrogens with one attached hydrogen (secondary N) is 3. The van der Waals surface area contributed by atoms with Gasteiger partial charge in [-0.15, -0.1) is 0 Å². The average molecular weight is 258 g/mol. The molecule has 19 heavy (non-hydrogen) atoms. The van der Waals surface area contributed by atoms with Crippen molar-refractivity contribution in [3.63, 3.8) is 0 Å². The van der Waals surface area contributed by atoms with E-state index in [0.717, 1.165) is 0 Å². The van der Waals surface area contributed by atoms with Crippen LogP contribution < -0.4 is 10.6 Å². The topological polar surface area (TPSA) is 86.9 Å². The number of carbonyl (C=O) groups excluding carboxylic acids is 2. The van der Waals surface area contributed by atoms with Gasteiger partial charge in [-0.25, -0.2) is 0 Å². The van der Waals surface area contributed by atoms with E-state index >= 15 is 0 Å². The van der Waals surface area contributed by atoms with Gasteiger partial charge in [-0.05, 0) is 24.3 Å². The molecule has 2 amide bonds. The van der Waals surface area contributed by atoms with Crippen LogP contribution in [0, 0.1) is 0 Å². The first-order valence-corrected chi connectivity index (χ1v) is 5.89. The Balaban J connectivity index is 2.07. The van der Waals surface area contributed by atoms with E-state index in [4.69, 9.17) is 0 Å². The zero-order valence-corrected chi connectivity index (χ0v) is 10.4. The van der Waals surface area contributed by atoms with Crippen LogP contribution in [0.3, 0.4) is 0 Å². The Bertz CT molecular complexity index is 578. The summed E-state index contributed by atoms with van der Waals surface area (Å²) in [5.41, 5.74) is 1.63. The molecule has 0 bridgehead atoms. The van der Waals surface area contributed by atoms with E-state index in [-0.39, 0.29) is 11.8 Å². The second-order valence-corrected chi connectivity index (χ2v) is 3.91. The molecule has 1 aromatic carbocycles. The van der Waals surface area contributed by atoms with E-state index in [9.17, 15) is 9.59 Å². The minimum atomic E-state index is -0.281. The fourth-order valence-electron chi connectivity index (χ4n) is 1.50. The molecule has 0 aliphatic carbocycles. The fourth-order valence-corrected chi connectivity index (χ4v) is 1.50. The number of rotatable bonds is 4. The van der Waals surface area contributed by atoms with E-state index in [1.807, 2.05) is 0 Å². The Morgan fingerprint density at radius 1 is 1.21 bits per heavy atom. The minimum absolute atomic E-state index is 0.0722. The summed E-state index contributed by atoms with van der Waals surface area (Å²) in [5, 5.41) is 11.7. The van der Waals surface area contributed by atoms with Gasteiger partial charge in [0.15, 0.2) is 0 Å². The maximum atomic E-state index is 11.8. The quantitative estimate of drug-likeness (QED) is 0.784. The van der Waals surface area contributed by atoms with Crippen LogP contribution in [-0.4, -0.2) is 22.0 Å². The summed E-state index contributed by atoms with van der Waals surface area (Å²) in [6.45, 7) is 1.78. The van der Waals surface area contributed by atoms with Crippen LogP contribution in [-0.2, 0) is 4.79 Å². The fraction of sp³-hybridized carbons (Fsp3) is 0.154. The van der Waals surface area contributed by atoms with Crippen molar-refractivity contribution in [2.75, 3.05) is 10.6 Å². The highest BCUT2D eigenvalue weighted by Gasteiger charge is 2.07. The predicted molar refractivity (Wildman–Crippen MR) is 71.9 cm³/mol. The zero-order chi connectivity index (χ0) is 13.7. The molecule has 1 heterocycles. The van der Waals surface area contributed by atoms with Crippen LogP contribution in [0.4, 0.5) is 11.4 Å². The van der Waals surface area contributed by atoms with Crippen molar-refractivity contribution < 1.29 is 9.59 Å². The van der Waals surface area contributed by atoms with E-state index in [1.165, 1.54) is 6.20 Å². The average Bonchev–Trinajstić information content (AvgIpc) is 2.93. The summed E-state index contributed by atoms with van der Waals surface area (Å²) < 4.78 is 0. The molecule has 0 aliphatic heterocycles. The summed E-state index contributed by atoms with van der Waals surface area (Å²) in [6, 6.07) is 8.54. The smallest absolute Gasteiger partial charge is 0.273 e. The third-order valence-corrected chi connectivity index (χ3v) is 2.47. The highest BCUT2D eigenvalue weighted by Crippen LogP contribution is 2.16. The van der Waals surface area contributed by atoms with Crippen molar-refractivity contribution in [3.8, 4) is 0 Å². The van der Waals surface area contributed by atoms with Crippen molar-refractivity contribution in [1.82, 2.24) is 10.2 Å². The molecular formula is C13H14N4O2. The maximum Gasteiger partial charge on any atom is 0.273 e. The van der Waals surface area contributed by atoms with Gasteiger partial charge in [-0.1, -0.05) is 13.0 Å². The lowest BCUT2D eigenvalue weighted by Crippen LogP contribution is -2.13. The number of carbonyl (C=O) groups is 2. The third-order valence-electron chi connectivity index (χ3n) is 2.47. The lowest BCUT2D eigenvalue weighted by Gasteiger charge is -2.07. The maximum absolute atomic E-state index is 11.8. The van der Waals surface area contributed by atoms with Gasteiger partial charge in [0.1, 0.15) is 5.69 Å². The van der Waals surface area contributed by atoms with E-state index < -0.39 is 0 Å². The molecule has 0 unspecified atom stereocenters. The molecular weight excluding hydrogens is 244 g/mol. The van der Waals surface area contributed by atoms with E-state index in [0.29, 0.717) is 23.5 Å². The highest BCUT2D eigenvalue weighted by molar-refractivity contribution is 6.03. The number of nitrogens with zero attached hydrogens (tertiary/aromatic N) is 1.